The summed E-state index contributed by atoms with van der Waals surface area (Å²) in [6.07, 6.45) is 0. The molecule has 0 amide bonds. The molecule has 72 valence electrons. The molecule has 2 N–H and O–H groups in total. The first-order chi connectivity index (χ1) is 5.88. The zero-order chi connectivity index (χ0) is 10.1. The van der Waals surface area contributed by atoms with E-state index in [1.807, 2.05) is 22.6 Å². The molecule has 13 heavy (non-hydrogen) atoms. The van der Waals surface area contributed by atoms with Gasteiger partial charge in [-0.2, -0.15) is 0 Å². The molecule has 0 radical (unpaired) electrons. The summed E-state index contributed by atoms with van der Waals surface area (Å²) in [4.78, 5) is 0. The van der Waals surface area contributed by atoms with Gasteiger partial charge in [-0.25, -0.2) is 0 Å². The summed E-state index contributed by atoms with van der Waals surface area (Å²) in [6.45, 7) is 0. The van der Waals surface area contributed by atoms with Crippen LogP contribution in [0.5, 0.6) is 5.75 Å². The SMILES string of the molecule is Nc1ccc(OC(F)(F)Cl)cc1I. The van der Waals surface area contributed by atoms with Gasteiger partial charge in [-0.15, -0.1) is 8.78 Å². The summed E-state index contributed by atoms with van der Waals surface area (Å²) < 4.78 is 29.0. The van der Waals surface area contributed by atoms with E-state index in [-0.39, 0.29) is 5.75 Å². The van der Waals surface area contributed by atoms with Gasteiger partial charge in [0.2, 0.25) is 0 Å². The summed E-state index contributed by atoms with van der Waals surface area (Å²) >= 11 is 6.48. The van der Waals surface area contributed by atoms with Crippen LogP contribution in [0.15, 0.2) is 18.2 Å². The van der Waals surface area contributed by atoms with Crippen molar-refractivity contribution in [2.75, 3.05) is 5.73 Å². The highest BCUT2D eigenvalue weighted by Crippen LogP contribution is 2.27. The Hall–Kier alpha value is -0.300. The van der Waals surface area contributed by atoms with Crippen molar-refractivity contribution in [3.8, 4) is 5.75 Å². The van der Waals surface area contributed by atoms with Crippen LogP contribution in [-0.2, 0) is 0 Å². The lowest BCUT2D eigenvalue weighted by atomic mass is 10.3. The number of hydrogen-bond acceptors (Lipinski definition) is 2. The van der Waals surface area contributed by atoms with Gasteiger partial charge in [0.05, 0.1) is 0 Å². The normalized spacial score (nSPS) is 11.4. The lowest BCUT2D eigenvalue weighted by Gasteiger charge is -2.10. The Labute approximate surface area is 92.1 Å². The number of benzene rings is 1. The summed E-state index contributed by atoms with van der Waals surface area (Å²) in [7, 11) is 0. The van der Waals surface area contributed by atoms with Crippen molar-refractivity contribution in [1.29, 1.82) is 0 Å². The molecule has 1 aromatic rings. The topological polar surface area (TPSA) is 35.2 Å². The number of anilines is 1. The van der Waals surface area contributed by atoms with Gasteiger partial charge in [0.15, 0.2) is 0 Å². The molecule has 0 aromatic heterocycles. The van der Waals surface area contributed by atoms with Gasteiger partial charge in [-0.3, -0.25) is 0 Å². The van der Waals surface area contributed by atoms with Crippen molar-refractivity contribution in [3.05, 3.63) is 21.8 Å². The monoisotopic (exact) mass is 319 g/mol. The van der Waals surface area contributed by atoms with E-state index in [0.717, 1.165) is 0 Å². The second-order valence-electron chi connectivity index (χ2n) is 2.23. The van der Waals surface area contributed by atoms with Crippen LogP contribution in [0.3, 0.4) is 0 Å². The van der Waals surface area contributed by atoms with Gasteiger partial charge in [0.25, 0.3) is 0 Å². The van der Waals surface area contributed by atoms with Crippen molar-refractivity contribution in [2.45, 2.75) is 5.57 Å². The van der Waals surface area contributed by atoms with Crippen LogP contribution < -0.4 is 10.5 Å². The first-order valence-corrected chi connectivity index (χ1v) is 4.65. The Kier molecular flexibility index (Phi) is 3.18. The van der Waals surface area contributed by atoms with Gasteiger partial charge in [0, 0.05) is 20.9 Å². The van der Waals surface area contributed by atoms with E-state index < -0.39 is 5.57 Å². The maximum Gasteiger partial charge on any atom is 0.487 e. The summed E-state index contributed by atoms with van der Waals surface area (Å²) in [5, 5.41) is 0. The van der Waals surface area contributed by atoms with Gasteiger partial charge >= 0.3 is 5.57 Å². The highest BCUT2D eigenvalue weighted by Gasteiger charge is 2.27. The zero-order valence-corrected chi connectivity index (χ0v) is 9.14. The number of rotatable bonds is 2. The van der Waals surface area contributed by atoms with Crippen LogP contribution in [0.1, 0.15) is 0 Å². The lowest BCUT2D eigenvalue weighted by Crippen LogP contribution is -2.15. The van der Waals surface area contributed by atoms with Crippen molar-refractivity contribution >= 4 is 39.9 Å². The molecular weight excluding hydrogens is 314 g/mol. The predicted octanol–water partition coefficient (Wildman–Crippen LogP) is 3.04. The second-order valence-corrected chi connectivity index (χ2v) is 3.83. The molecule has 6 heteroatoms. The Morgan fingerprint density at radius 3 is 2.54 bits per heavy atom. The Morgan fingerprint density at radius 2 is 2.08 bits per heavy atom. The van der Waals surface area contributed by atoms with Crippen LogP contribution >= 0.6 is 34.2 Å². The average molecular weight is 319 g/mol. The van der Waals surface area contributed by atoms with Crippen LogP contribution in [0.2, 0.25) is 0 Å². The number of alkyl halides is 3. The number of hydrogen-bond donors (Lipinski definition) is 1. The van der Waals surface area contributed by atoms with Gasteiger partial charge < -0.3 is 10.5 Å². The fourth-order valence-electron chi connectivity index (χ4n) is 0.705. The molecule has 2 nitrogen and oxygen atoms in total. The molecule has 0 atom stereocenters. The fourth-order valence-corrected chi connectivity index (χ4v) is 1.28. The van der Waals surface area contributed by atoms with Gasteiger partial charge in [-0.05, 0) is 40.8 Å². The van der Waals surface area contributed by atoms with Crippen molar-refractivity contribution in [1.82, 2.24) is 0 Å². The van der Waals surface area contributed by atoms with E-state index in [2.05, 4.69) is 16.3 Å². The molecule has 0 heterocycles. The molecule has 0 aliphatic heterocycles. The predicted molar refractivity (Wildman–Crippen MR) is 55.0 cm³/mol. The van der Waals surface area contributed by atoms with Gasteiger partial charge in [-0.1, -0.05) is 0 Å². The smallest absolute Gasteiger partial charge is 0.420 e. The number of nitrogens with two attached hydrogens (primary N) is 1. The number of halogens is 4. The standard InChI is InChI=1S/C7H5ClF2INO/c8-7(9,10)13-4-1-2-6(12)5(11)3-4/h1-3H,12H2. The summed E-state index contributed by atoms with van der Waals surface area (Å²) in [5.74, 6) is -0.0152. The molecule has 0 saturated carbocycles. The minimum absolute atomic E-state index is 0.0152. The summed E-state index contributed by atoms with van der Waals surface area (Å²) in [6, 6.07) is 4.18. The minimum atomic E-state index is -3.68. The van der Waals surface area contributed by atoms with Crippen molar-refractivity contribution in [3.63, 3.8) is 0 Å². The highest BCUT2D eigenvalue weighted by molar-refractivity contribution is 14.1. The third-order valence-corrected chi connectivity index (χ3v) is 2.22. The quantitative estimate of drug-likeness (QED) is 0.517. The molecule has 0 unspecified atom stereocenters. The van der Waals surface area contributed by atoms with Crippen LogP contribution in [0.25, 0.3) is 0 Å². The minimum Gasteiger partial charge on any atom is -0.420 e. The zero-order valence-electron chi connectivity index (χ0n) is 6.23. The van der Waals surface area contributed by atoms with Crippen molar-refractivity contribution < 1.29 is 13.5 Å². The molecule has 0 aliphatic carbocycles. The van der Waals surface area contributed by atoms with Crippen LogP contribution in [0, 0.1) is 3.57 Å². The van der Waals surface area contributed by atoms with Crippen molar-refractivity contribution in [2.24, 2.45) is 0 Å². The second kappa shape index (κ2) is 3.83. The summed E-state index contributed by atoms with van der Waals surface area (Å²) in [5.41, 5.74) is 2.29. The first-order valence-electron chi connectivity index (χ1n) is 3.19. The molecule has 0 saturated heterocycles. The Bertz CT molecular complexity index is 316. The third-order valence-electron chi connectivity index (χ3n) is 1.21. The third kappa shape index (κ3) is 3.51. The van der Waals surface area contributed by atoms with E-state index in [0.29, 0.717) is 9.26 Å². The van der Waals surface area contributed by atoms with E-state index in [4.69, 9.17) is 5.73 Å². The molecule has 0 aliphatic rings. The van der Waals surface area contributed by atoms with E-state index >= 15 is 0 Å². The maximum atomic E-state index is 12.1. The van der Waals surface area contributed by atoms with E-state index in [9.17, 15) is 8.78 Å². The molecule has 1 aromatic carbocycles. The molecular formula is C7H5ClF2INO. The Balaban J connectivity index is 2.86. The molecule has 0 bridgehead atoms. The van der Waals surface area contributed by atoms with Crippen LogP contribution in [-0.4, -0.2) is 5.57 Å². The first kappa shape index (κ1) is 10.8. The number of nitrogen functional groups attached to an aromatic ring is 1. The highest BCUT2D eigenvalue weighted by atomic mass is 127. The largest absolute Gasteiger partial charge is 0.487 e. The van der Waals surface area contributed by atoms with E-state index in [1.165, 1.54) is 18.2 Å². The van der Waals surface area contributed by atoms with E-state index in [1.54, 1.807) is 0 Å². The molecule has 0 fully saturated rings. The lowest BCUT2D eigenvalue weighted by molar-refractivity contribution is -0.0965. The molecule has 0 spiro atoms. The maximum absolute atomic E-state index is 12.1. The van der Waals surface area contributed by atoms with Crippen LogP contribution in [0.4, 0.5) is 14.5 Å². The Morgan fingerprint density at radius 1 is 1.46 bits per heavy atom. The fraction of sp³-hybridized carbons (Fsp3) is 0.143. The number of ether oxygens (including phenoxy) is 1. The van der Waals surface area contributed by atoms with Gasteiger partial charge in [0.1, 0.15) is 5.75 Å². The molecule has 1 rings (SSSR count). The average Bonchev–Trinajstić information content (AvgIpc) is 1.94.